The van der Waals surface area contributed by atoms with E-state index in [1.165, 1.54) is 37.5 Å². The number of fused-ring (bicyclic) bond motifs is 4. The standard InChI is InChI=1S/C30H46O2/c1-20(2)9-8-10-21(19-31)22-13-17-30(7)24-11-12-25-27(3,4)26(32)15-16-28(25,5)23(24)14-18-29(22,30)6/h9,19,21-22,25H,8,10-18H2,1-7H3/t21-,22-,25?,28-,29-,30+/m1/s1. The summed E-state index contributed by atoms with van der Waals surface area (Å²) in [4.78, 5) is 25.0. The third-order valence-electron chi connectivity index (χ3n) is 11.3. The van der Waals surface area contributed by atoms with Crippen LogP contribution in [-0.2, 0) is 9.59 Å². The van der Waals surface area contributed by atoms with E-state index in [0.717, 1.165) is 38.5 Å². The first-order valence-corrected chi connectivity index (χ1v) is 13.3. The number of allylic oxidation sites excluding steroid dienone is 4. The van der Waals surface area contributed by atoms with Gasteiger partial charge in [0.2, 0.25) is 0 Å². The van der Waals surface area contributed by atoms with Gasteiger partial charge in [0.25, 0.3) is 0 Å². The fourth-order valence-corrected chi connectivity index (χ4v) is 9.14. The van der Waals surface area contributed by atoms with Gasteiger partial charge in [0.1, 0.15) is 12.1 Å². The Morgan fingerprint density at radius 2 is 1.69 bits per heavy atom. The first-order chi connectivity index (χ1) is 14.9. The summed E-state index contributed by atoms with van der Waals surface area (Å²) >= 11 is 0. The Morgan fingerprint density at radius 3 is 2.34 bits per heavy atom. The van der Waals surface area contributed by atoms with Gasteiger partial charge in [0.05, 0.1) is 0 Å². The van der Waals surface area contributed by atoms with Crippen molar-refractivity contribution in [1.29, 1.82) is 0 Å². The quantitative estimate of drug-likeness (QED) is 0.323. The number of aldehydes is 1. The number of carbonyl (C=O) groups excluding carboxylic acids is 2. The van der Waals surface area contributed by atoms with Crippen LogP contribution in [0.15, 0.2) is 22.8 Å². The zero-order valence-corrected chi connectivity index (χ0v) is 21.8. The lowest BCUT2D eigenvalue weighted by Gasteiger charge is -2.60. The highest BCUT2D eigenvalue weighted by Crippen LogP contribution is 2.72. The average Bonchev–Trinajstić information content (AvgIpc) is 3.00. The maximum Gasteiger partial charge on any atom is 0.138 e. The lowest BCUT2D eigenvalue weighted by atomic mass is 9.43. The Balaban J connectivity index is 1.68. The molecule has 0 aliphatic heterocycles. The minimum absolute atomic E-state index is 0.178. The monoisotopic (exact) mass is 438 g/mol. The van der Waals surface area contributed by atoms with Crippen molar-refractivity contribution in [2.24, 2.45) is 39.4 Å². The van der Waals surface area contributed by atoms with Gasteiger partial charge in [-0.05, 0) is 99.7 Å². The molecule has 6 atom stereocenters. The van der Waals surface area contributed by atoms with Crippen LogP contribution < -0.4 is 0 Å². The normalized spacial score (nSPS) is 41.4. The highest BCUT2D eigenvalue weighted by molar-refractivity contribution is 5.85. The molecule has 0 aromatic heterocycles. The van der Waals surface area contributed by atoms with Gasteiger partial charge in [-0.2, -0.15) is 0 Å². The van der Waals surface area contributed by atoms with Crippen LogP contribution in [0.4, 0.5) is 0 Å². The molecule has 178 valence electrons. The summed E-state index contributed by atoms with van der Waals surface area (Å²) in [6.07, 6.45) is 14.5. The van der Waals surface area contributed by atoms with Gasteiger partial charge in [-0.1, -0.05) is 57.4 Å². The molecule has 2 fully saturated rings. The van der Waals surface area contributed by atoms with Crippen LogP contribution in [0.3, 0.4) is 0 Å². The van der Waals surface area contributed by atoms with Crippen LogP contribution in [0.1, 0.15) is 113 Å². The number of hydrogen-bond acceptors (Lipinski definition) is 2. The zero-order valence-electron chi connectivity index (χ0n) is 21.8. The molecule has 0 N–H and O–H groups in total. The summed E-state index contributed by atoms with van der Waals surface area (Å²) in [6, 6.07) is 0. The largest absolute Gasteiger partial charge is 0.303 e. The van der Waals surface area contributed by atoms with Crippen molar-refractivity contribution in [2.75, 3.05) is 0 Å². The van der Waals surface area contributed by atoms with E-state index in [1.807, 2.05) is 0 Å². The van der Waals surface area contributed by atoms with Gasteiger partial charge in [-0.3, -0.25) is 4.79 Å². The van der Waals surface area contributed by atoms with Crippen LogP contribution >= 0.6 is 0 Å². The summed E-state index contributed by atoms with van der Waals surface area (Å²) in [5, 5.41) is 0. The second kappa shape index (κ2) is 7.95. The SMILES string of the molecule is CC(C)=CCC[C@H](C=O)[C@H]1CC[C@@]2(C)C3=C(CC[C@]12C)[C@@]1(C)CCC(=O)C(C)(C)C1CC3. The fraction of sp³-hybridized carbons (Fsp3) is 0.800. The topological polar surface area (TPSA) is 34.1 Å². The molecule has 0 heterocycles. The molecular formula is C30H46O2. The molecule has 2 heteroatoms. The molecule has 0 radical (unpaired) electrons. The number of rotatable bonds is 5. The molecule has 2 nitrogen and oxygen atoms in total. The smallest absolute Gasteiger partial charge is 0.138 e. The van der Waals surface area contributed by atoms with Crippen molar-refractivity contribution in [1.82, 2.24) is 0 Å². The predicted octanol–water partition coefficient (Wildman–Crippen LogP) is 7.87. The molecule has 0 amide bonds. The molecule has 0 saturated heterocycles. The van der Waals surface area contributed by atoms with E-state index in [4.69, 9.17) is 0 Å². The van der Waals surface area contributed by atoms with E-state index in [0.29, 0.717) is 17.6 Å². The Kier molecular flexibility index (Phi) is 5.95. The fourth-order valence-electron chi connectivity index (χ4n) is 9.14. The first-order valence-electron chi connectivity index (χ1n) is 13.3. The highest BCUT2D eigenvalue weighted by atomic mass is 16.1. The van der Waals surface area contributed by atoms with E-state index < -0.39 is 0 Å². The Hall–Kier alpha value is -1.18. The van der Waals surface area contributed by atoms with Gasteiger partial charge in [0, 0.05) is 17.8 Å². The number of hydrogen-bond donors (Lipinski definition) is 0. The molecule has 0 aromatic carbocycles. The van der Waals surface area contributed by atoms with Gasteiger partial charge < -0.3 is 4.79 Å². The van der Waals surface area contributed by atoms with E-state index in [2.05, 4.69) is 54.5 Å². The molecule has 0 aromatic rings. The summed E-state index contributed by atoms with van der Waals surface area (Å²) in [5.41, 5.74) is 5.23. The van der Waals surface area contributed by atoms with Crippen LogP contribution in [-0.4, -0.2) is 12.1 Å². The molecule has 2 saturated carbocycles. The molecule has 4 aliphatic carbocycles. The van der Waals surface area contributed by atoms with Crippen molar-refractivity contribution < 1.29 is 9.59 Å². The maximum atomic E-state index is 12.8. The van der Waals surface area contributed by atoms with Crippen LogP contribution in [0.5, 0.6) is 0 Å². The molecule has 4 aliphatic rings. The van der Waals surface area contributed by atoms with Crippen LogP contribution in [0.2, 0.25) is 0 Å². The van der Waals surface area contributed by atoms with E-state index in [-0.39, 0.29) is 27.6 Å². The highest BCUT2D eigenvalue weighted by Gasteiger charge is 2.63. The molecule has 32 heavy (non-hydrogen) atoms. The van der Waals surface area contributed by atoms with Crippen LogP contribution in [0.25, 0.3) is 0 Å². The van der Waals surface area contributed by atoms with E-state index in [9.17, 15) is 9.59 Å². The minimum Gasteiger partial charge on any atom is -0.303 e. The Bertz CT molecular complexity index is 856. The van der Waals surface area contributed by atoms with Crippen LogP contribution in [0, 0.1) is 39.4 Å². The minimum atomic E-state index is -0.195. The Labute approximate surface area is 196 Å². The lowest BCUT2D eigenvalue weighted by Crippen LogP contribution is -2.54. The van der Waals surface area contributed by atoms with Gasteiger partial charge >= 0.3 is 0 Å². The molecule has 0 bridgehead atoms. The third kappa shape index (κ3) is 3.25. The van der Waals surface area contributed by atoms with E-state index in [1.54, 1.807) is 11.1 Å². The molecule has 4 rings (SSSR count). The van der Waals surface area contributed by atoms with Crippen molar-refractivity contribution in [3.63, 3.8) is 0 Å². The van der Waals surface area contributed by atoms with Gasteiger partial charge in [0.15, 0.2) is 0 Å². The van der Waals surface area contributed by atoms with Crippen molar-refractivity contribution in [3.8, 4) is 0 Å². The summed E-state index contributed by atoms with van der Waals surface area (Å²) < 4.78 is 0. The first kappa shape index (κ1) is 24.0. The predicted molar refractivity (Wildman–Crippen MR) is 132 cm³/mol. The number of ketones is 1. The van der Waals surface area contributed by atoms with Crippen molar-refractivity contribution >= 4 is 12.1 Å². The molecule has 0 spiro atoms. The maximum absolute atomic E-state index is 12.8. The van der Waals surface area contributed by atoms with Gasteiger partial charge in [-0.15, -0.1) is 0 Å². The number of carbonyl (C=O) groups is 2. The lowest BCUT2D eigenvalue weighted by molar-refractivity contribution is -0.139. The third-order valence-corrected chi connectivity index (χ3v) is 11.3. The summed E-state index contributed by atoms with van der Waals surface area (Å²) in [7, 11) is 0. The summed E-state index contributed by atoms with van der Waals surface area (Å²) in [5.74, 6) is 1.63. The average molecular weight is 439 g/mol. The molecular weight excluding hydrogens is 392 g/mol. The van der Waals surface area contributed by atoms with Crippen molar-refractivity contribution in [2.45, 2.75) is 113 Å². The van der Waals surface area contributed by atoms with E-state index >= 15 is 0 Å². The summed E-state index contributed by atoms with van der Waals surface area (Å²) in [6.45, 7) is 16.3. The number of Topliss-reactive ketones (excluding diaryl/α,β-unsaturated/α-hetero) is 1. The Morgan fingerprint density at radius 1 is 0.969 bits per heavy atom. The second-order valence-electron chi connectivity index (χ2n) is 13.2. The molecule has 1 unspecified atom stereocenters. The van der Waals surface area contributed by atoms with Gasteiger partial charge in [-0.25, -0.2) is 0 Å². The van der Waals surface area contributed by atoms with Crippen molar-refractivity contribution in [3.05, 3.63) is 22.8 Å². The zero-order chi connectivity index (χ0) is 23.5. The second-order valence-corrected chi connectivity index (χ2v) is 13.2.